The van der Waals surface area contributed by atoms with Crippen LogP contribution >= 0.6 is 0 Å². The lowest BCUT2D eigenvalue weighted by Gasteiger charge is -2.27. The second-order valence-electron chi connectivity index (χ2n) is 4.43. The van der Waals surface area contributed by atoms with E-state index in [1.807, 2.05) is 12.2 Å². The Morgan fingerprint density at radius 2 is 1.78 bits per heavy atom. The minimum Gasteiger partial charge on any atom is -0.449 e. The molecule has 3 amide bonds. The summed E-state index contributed by atoms with van der Waals surface area (Å²) in [7, 11) is 0. The Balaban J connectivity index is 4.28. The van der Waals surface area contributed by atoms with Crippen LogP contribution in [0.25, 0.3) is 0 Å². The van der Waals surface area contributed by atoms with E-state index in [0.717, 1.165) is 6.42 Å². The Labute approximate surface area is 106 Å². The zero-order valence-corrected chi connectivity index (χ0v) is 10.9. The summed E-state index contributed by atoms with van der Waals surface area (Å²) in [6.07, 6.45) is -0.168. The molecule has 0 rings (SSSR count). The predicted molar refractivity (Wildman–Crippen MR) is 63.7 cm³/mol. The van der Waals surface area contributed by atoms with Crippen molar-refractivity contribution in [1.29, 1.82) is 0 Å². The van der Waals surface area contributed by atoms with E-state index in [1.54, 1.807) is 6.92 Å². The fraction of sp³-hybridized carbons (Fsp3) is 0.727. The van der Waals surface area contributed by atoms with Crippen LogP contribution in [0.2, 0.25) is 0 Å². The molecule has 0 bridgehead atoms. The van der Waals surface area contributed by atoms with Crippen molar-refractivity contribution in [2.75, 3.05) is 13.2 Å². The summed E-state index contributed by atoms with van der Waals surface area (Å²) in [5.41, 5.74) is 4.38. The minimum absolute atomic E-state index is 0.0350. The molecule has 7 heteroatoms. The van der Waals surface area contributed by atoms with Crippen LogP contribution < -0.4 is 11.1 Å². The van der Waals surface area contributed by atoms with Crippen LogP contribution in [0.15, 0.2) is 0 Å². The van der Waals surface area contributed by atoms with Crippen LogP contribution in [0.5, 0.6) is 0 Å². The van der Waals surface area contributed by atoms with Gasteiger partial charge in [-0.1, -0.05) is 20.3 Å². The number of ether oxygens (including phenoxy) is 2. The Bertz CT molecular complexity index is 319. The standard InChI is InChI=1S/C11H20N2O5/c1-4-5-11(3,6-17-9(12)15)7-18-10(16)13-8(2)14/h4-7H2,1-3H3,(H2,12,15)(H,13,14,16). The second-order valence-corrected chi connectivity index (χ2v) is 4.43. The molecule has 0 aromatic rings. The molecular weight excluding hydrogens is 240 g/mol. The average molecular weight is 260 g/mol. The van der Waals surface area contributed by atoms with E-state index in [-0.39, 0.29) is 13.2 Å². The number of nitrogens with one attached hydrogen (secondary N) is 1. The van der Waals surface area contributed by atoms with Crippen molar-refractivity contribution in [1.82, 2.24) is 5.32 Å². The molecule has 18 heavy (non-hydrogen) atoms. The maximum absolute atomic E-state index is 11.2. The number of hydrogen-bond acceptors (Lipinski definition) is 5. The first-order valence-electron chi connectivity index (χ1n) is 5.65. The van der Waals surface area contributed by atoms with E-state index < -0.39 is 23.5 Å². The summed E-state index contributed by atoms with van der Waals surface area (Å²) in [4.78, 5) is 32.3. The van der Waals surface area contributed by atoms with E-state index in [2.05, 4.69) is 0 Å². The van der Waals surface area contributed by atoms with E-state index in [0.29, 0.717) is 6.42 Å². The van der Waals surface area contributed by atoms with Crippen molar-refractivity contribution >= 4 is 18.1 Å². The molecular formula is C11H20N2O5. The molecule has 0 heterocycles. The number of hydrogen-bond donors (Lipinski definition) is 2. The van der Waals surface area contributed by atoms with E-state index in [9.17, 15) is 14.4 Å². The van der Waals surface area contributed by atoms with Gasteiger partial charge < -0.3 is 15.2 Å². The Kier molecular flexibility index (Phi) is 6.77. The van der Waals surface area contributed by atoms with Crippen molar-refractivity contribution in [3.05, 3.63) is 0 Å². The molecule has 0 saturated carbocycles. The molecule has 0 aliphatic rings. The summed E-state index contributed by atoms with van der Waals surface area (Å²) in [6, 6.07) is 0. The Morgan fingerprint density at radius 3 is 2.22 bits per heavy atom. The first-order valence-corrected chi connectivity index (χ1v) is 5.65. The molecule has 104 valence electrons. The lowest BCUT2D eigenvalue weighted by atomic mass is 9.87. The zero-order chi connectivity index (χ0) is 14.2. The molecule has 0 aromatic heterocycles. The van der Waals surface area contributed by atoms with Crippen molar-refractivity contribution in [2.45, 2.75) is 33.6 Å². The third-order valence-corrected chi connectivity index (χ3v) is 2.25. The normalized spacial score (nSPS) is 13.3. The van der Waals surface area contributed by atoms with Gasteiger partial charge in [0, 0.05) is 12.3 Å². The molecule has 3 N–H and O–H groups in total. The second kappa shape index (κ2) is 7.52. The number of carbonyl (C=O) groups is 3. The van der Waals surface area contributed by atoms with E-state index in [4.69, 9.17) is 15.2 Å². The SMILES string of the molecule is CCCC(C)(COC(N)=O)COC(=O)NC(C)=O. The maximum Gasteiger partial charge on any atom is 0.413 e. The lowest BCUT2D eigenvalue weighted by molar-refractivity contribution is -0.118. The highest BCUT2D eigenvalue weighted by atomic mass is 16.6. The maximum atomic E-state index is 11.2. The molecule has 1 atom stereocenters. The topological polar surface area (TPSA) is 108 Å². The largest absolute Gasteiger partial charge is 0.449 e. The molecule has 0 fully saturated rings. The molecule has 0 saturated heterocycles. The fourth-order valence-corrected chi connectivity index (χ4v) is 1.45. The van der Waals surface area contributed by atoms with Gasteiger partial charge in [0.05, 0.1) is 0 Å². The number of rotatable bonds is 6. The highest BCUT2D eigenvalue weighted by Gasteiger charge is 2.27. The highest BCUT2D eigenvalue weighted by Crippen LogP contribution is 2.24. The molecule has 0 radical (unpaired) electrons. The van der Waals surface area contributed by atoms with Gasteiger partial charge in [-0.15, -0.1) is 0 Å². The van der Waals surface area contributed by atoms with Crippen LogP contribution in [0, 0.1) is 5.41 Å². The minimum atomic E-state index is -0.870. The number of carbonyl (C=O) groups excluding carboxylic acids is 3. The van der Waals surface area contributed by atoms with E-state index in [1.165, 1.54) is 6.92 Å². The summed E-state index contributed by atoms with van der Waals surface area (Å²) in [5, 5.41) is 1.99. The van der Waals surface area contributed by atoms with Crippen LogP contribution in [0.1, 0.15) is 33.6 Å². The Morgan fingerprint density at radius 1 is 1.22 bits per heavy atom. The van der Waals surface area contributed by atoms with Crippen LogP contribution in [0.3, 0.4) is 0 Å². The van der Waals surface area contributed by atoms with Crippen molar-refractivity contribution in [2.24, 2.45) is 11.1 Å². The van der Waals surface area contributed by atoms with Gasteiger partial charge >= 0.3 is 12.2 Å². The number of amides is 3. The molecule has 1 unspecified atom stereocenters. The zero-order valence-electron chi connectivity index (χ0n) is 10.9. The lowest BCUT2D eigenvalue weighted by Crippen LogP contribution is -2.36. The smallest absolute Gasteiger partial charge is 0.413 e. The number of primary amides is 1. The summed E-state index contributed by atoms with van der Waals surface area (Å²) in [5.74, 6) is -0.495. The van der Waals surface area contributed by atoms with Crippen molar-refractivity contribution in [3.63, 3.8) is 0 Å². The number of nitrogens with two attached hydrogens (primary N) is 1. The van der Waals surface area contributed by atoms with Gasteiger partial charge in [-0.3, -0.25) is 10.1 Å². The van der Waals surface area contributed by atoms with Gasteiger partial charge in [0.1, 0.15) is 13.2 Å². The van der Waals surface area contributed by atoms with E-state index >= 15 is 0 Å². The Hall–Kier alpha value is -1.79. The number of alkyl carbamates (subject to hydrolysis) is 1. The van der Waals surface area contributed by atoms with Crippen LogP contribution in [0.4, 0.5) is 9.59 Å². The van der Waals surface area contributed by atoms with Crippen LogP contribution in [-0.4, -0.2) is 31.3 Å². The molecule has 0 aliphatic carbocycles. The molecule has 0 spiro atoms. The quantitative estimate of drug-likeness (QED) is 0.745. The van der Waals surface area contributed by atoms with Gasteiger partial charge in [-0.05, 0) is 6.42 Å². The summed E-state index contributed by atoms with van der Waals surface area (Å²) in [6.45, 7) is 5.07. The monoisotopic (exact) mass is 260 g/mol. The van der Waals surface area contributed by atoms with Crippen LogP contribution in [-0.2, 0) is 14.3 Å². The third kappa shape index (κ3) is 7.48. The molecule has 7 nitrogen and oxygen atoms in total. The van der Waals surface area contributed by atoms with Gasteiger partial charge in [0.15, 0.2) is 0 Å². The molecule has 0 aliphatic heterocycles. The first kappa shape index (κ1) is 16.2. The molecule has 0 aromatic carbocycles. The van der Waals surface area contributed by atoms with Gasteiger partial charge in [-0.25, -0.2) is 9.59 Å². The number of imide groups is 1. The van der Waals surface area contributed by atoms with Gasteiger partial charge in [-0.2, -0.15) is 0 Å². The predicted octanol–water partition coefficient (Wildman–Crippen LogP) is 1.16. The fourth-order valence-electron chi connectivity index (χ4n) is 1.45. The van der Waals surface area contributed by atoms with Crippen molar-refractivity contribution in [3.8, 4) is 0 Å². The van der Waals surface area contributed by atoms with Crippen molar-refractivity contribution < 1.29 is 23.9 Å². The van der Waals surface area contributed by atoms with Gasteiger partial charge in [0.2, 0.25) is 5.91 Å². The summed E-state index contributed by atoms with van der Waals surface area (Å²) < 4.78 is 9.63. The first-order chi connectivity index (χ1) is 8.29. The highest BCUT2D eigenvalue weighted by molar-refractivity contribution is 5.90. The average Bonchev–Trinajstić information content (AvgIpc) is 2.24. The third-order valence-electron chi connectivity index (χ3n) is 2.25. The van der Waals surface area contributed by atoms with Gasteiger partial charge in [0.25, 0.3) is 0 Å². The summed E-state index contributed by atoms with van der Waals surface area (Å²) >= 11 is 0.